The summed E-state index contributed by atoms with van der Waals surface area (Å²) in [5, 5.41) is 11.7. The Kier molecular flexibility index (Phi) is 4.01. The van der Waals surface area contributed by atoms with E-state index in [9.17, 15) is 9.59 Å². The first-order valence-electron chi connectivity index (χ1n) is 5.83. The fraction of sp³-hybridized carbons (Fsp3) is 0.385. The van der Waals surface area contributed by atoms with Gasteiger partial charge in [0.1, 0.15) is 0 Å². The van der Waals surface area contributed by atoms with Gasteiger partial charge in [-0.15, -0.1) is 0 Å². The molecule has 1 fully saturated rings. The second-order valence-electron chi connectivity index (χ2n) is 4.47. The molecule has 1 saturated carbocycles. The monoisotopic (exact) mass is 311 g/mol. The third-order valence-electron chi connectivity index (χ3n) is 3.31. The molecule has 5 heteroatoms. The van der Waals surface area contributed by atoms with Crippen LogP contribution in [0, 0.1) is 11.8 Å². The van der Waals surface area contributed by atoms with E-state index in [1.54, 1.807) is 0 Å². The minimum absolute atomic E-state index is 0.156. The number of carbonyl (C=O) groups excluding carboxylic acids is 1. The lowest BCUT2D eigenvalue weighted by Gasteiger charge is -2.31. The minimum Gasteiger partial charge on any atom is -0.481 e. The third kappa shape index (κ3) is 2.90. The number of carboxylic acids is 1. The van der Waals surface area contributed by atoms with Crippen LogP contribution in [0.3, 0.4) is 0 Å². The maximum atomic E-state index is 11.8. The smallest absolute Gasteiger partial charge is 0.307 e. The van der Waals surface area contributed by atoms with Crippen LogP contribution < -0.4 is 5.32 Å². The van der Waals surface area contributed by atoms with Gasteiger partial charge in [0.05, 0.1) is 11.8 Å². The molecule has 1 aliphatic carbocycles. The maximum Gasteiger partial charge on any atom is 0.307 e. The van der Waals surface area contributed by atoms with Crippen LogP contribution >= 0.6 is 15.9 Å². The van der Waals surface area contributed by atoms with Crippen molar-refractivity contribution in [2.45, 2.75) is 19.4 Å². The molecule has 0 heterocycles. The molecule has 0 spiro atoms. The van der Waals surface area contributed by atoms with Crippen LogP contribution in [-0.2, 0) is 16.1 Å². The Morgan fingerprint density at radius 1 is 1.22 bits per heavy atom. The van der Waals surface area contributed by atoms with Crippen molar-refractivity contribution in [3.8, 4) is 0 Å². The van der Waals surface area contributed by atoms with Gasteiger partial charge in [0.2, 0.25) is 5.91 Å². The van der Waals surface area contributed by atoms with Gasteiger partial charge in [-0.25, -0.2) is 0 Å². The molecule has 1 aliphatic rings. The summed E-state index contributed by atoms with van der Waals surface area (Å²) in [7, 11) is 0. The van der Waals surface area contributed by atoms with Gasteiger partial charge >= 0.3 is 5.97 Å². The highest BCUT2D eigenvalue weighted by atomic mass is 79.9. The van der Waals surface area contributed by atoms with Gasteiger partial charge in [-0.1, -0.05) is 28.1 Å². The topological polar surface area (TPSA) is 66.4 Å². The fourth-order valence-electron chi connectivity index (χ4n) is 2.03. The molecule has 96 valence electrons. The first kappa shape index (κ1) is 13.1. The zero-order valence-corrected chi connectivity index (χ0v) is 11.3. The summed E-state index contributed by atoms with van der Waals surface area (Å²) in [6, 6.07) is 7.65. The zero-order chi connectivity index (χ0) is 13.1. The Balaban J connectivity index is 1.85. The van der Waals surface area contributed by atoms with E-state index in [2.05, 4.69) is 21.2 Å². The van der Waals surface area contributed by atoms with Crippen LogP contribution in [0.15, 0.2) is 28.7 Å². The van der Waals surface area contributed by atoms with E-state index in [0.717, 1.165) is 10.0 Å². The lowest BCUT2D eigenvalue weighted by molar-refractivity contribution is -0.152. The average Bonchev–Trinajstić information content (AvgIpc) is 2.26. The van der Waals surface area contributed by atoms with Crippen molar-refractivity contribution in [1.29, 1.82) is 0 Å². The highest BCUT2D eigenvalue weighted by Crippen LogP contribution is 2.34. The molecule has 0 bridgehead atoms. The molecule has 0 aliphatic heterocycles. The predicted octanol–water partition coefficient (Wildman–Crippen LogP) is 2.18. The largest absolute Gasteiger partial charge is 0.481 e. The SMILES string of the molecule is O=C(O)C1CCC1C(=O)NCc1ccc(Br)cc1. The molecule has 2 N–H and O–H groups in total. The van der Waals surface area contributed by atoms with Crippen molar-refractivity contribution in [1.82, 2.24) is 5.32 Å². The van der Waals surface area contributed by atoms with Gasteiger partial charge in [0.25, 0.3) is 0 Å². The van der Waals surface area contributed by atoms with Crippen molar-refractivity contribution >= 4 is 27.8 Å². The maximum absolute atomic E-state index is 11.8. The molecule has 2 rings (SSSR count). The van der Waals surface area contributed by atoms with Gasteiger partial charge in [0.15, 0.2) is 0 Å². The van der Waals surface area contributed by atoms with E-state index in [1.807, 2.05) is 24.3 Å². The Hall–Kier alpha value is -1.36. The van der Waals surface area contributed by atoms with Crippen molar-refractivity contribution < 1.29 is 14.7 Å². The molecular formula is C13H14BrNO3. The van der Waals surface area contributed by atoms with E-state index in [1.165, 1.54) is 0 Å². The van der Waals surface area contributed by atoms with E-state index in [0.29, 0.717) is 19.4 Å². The van der Waals surface area contributed by atoms with Gasteiger partial charge in [-0.3, -0.25) is 9.59 Å². The summed E-state index contributed by atoms with van der Waals surface area (Å²) in [6.07, 6.45) is 1.27. The highest BCUT2D eigenvalue weighted by molar-refractivity contribution is 9.10. The standard InChI is InChI=1S/C13H14BrNO3/c14-9-3-1-8(2-4-9)7-15-12(16)10-5-6-11(10)13(17)18/h1-4,10-11H,5-7H2,(H,15,16)(H,17,18). The summed E-state index contributed by atoms with van der Waals surface area (Å²) in [5.41, 5.74) is 0.998. The summed E-state index contributed by atoms with van der Waals surface area (Å²) in [5.74, 6) is -1.89. The number of hydrogen-bond donors (Lipinski definition) is 2. The van der Waals surface area contributed by atoms with Crippen molar-refractivity contribution in [3.63, 3.8) is 0 Å². The third-order valence-corrected chi connectivity index (χ3v) is 3.84. The van der Waals surface area contributed by atoms with Crippen LogP contribution in [0.1, 0.15) is 18.4 Å². The van der Waals surface area contributed by atoms with E-state index in [4.69, 9.17) is 5.11 Å². The van der Waals surface area contributed by atoms with E-state index in [-0.39, 0.29) is 11.8 Å². The number of halogens is 1. The van der Waals surface area contributed by atoms with Crippen molar-refractivity contribution in [3.05, 3.63) is 34.3 Å². The number of amides is 1. The Bertz CT molecular complexity index is 458. The summed E-state index contributed by atoms with van der Waals surface area (Å²) in [4.78, 5) is 22.6. The number of benzene rings is 1. The molecule has 1 amide bonds. The molecule has 0 saturated heterocycles. The van der Waals surface area contributed by atoms with Crippen molar-refractivity contribution in [2.24, 2.45) is 11.8 Å². The first-order chi connectivity index (χ1) is 8.58. The van der Waals surface area contributed by atoms with Gasteiger partial charge in [-0.2, -0.15) is 0 Å². The fourth-order valence-corrected chi connectivity index (χ4v) is 2.30. The van der Waals surface area contributed by atoms with Gasteiger partial charge in [-0.05, 0) is 30.5 Å². The van der Waals surface area contributed by atoms with Crippen LogP contribution in [0.4, 0.5) is 0 Å². The quantitative estimate of drug-likeness (QED) is 0.895. The van der Waals surface area contributed by atoms with Gasteiger partial charge in [0, 0.05) is 11.0 Å². The summed E-state index contributed by atoms with van der Waals surface area (Å²) in [6.45, 7) is 0.439. The summed E-state index contributed by atoms with van der Waals surface area (Å²) >= 11 is 3.34. The number of rotatable bonds is 4. The zero-order valence-electron chi connectivity index (χ0n) is 9.73. The molecule has 2 atom stereocenters. The molecule has 4 nitrogen and oxygen atoms in total. The van der Waals surface area contributed by atoms with Crippen LogP contribution in [0.2, 0.25) is 0 Å². The molecule has 1 aromatic carbocycles. The number of nitrogens with one attached hydrogen (secondary N) is 1. The normalized spacial score (nSPS) is 22.1. The second-order valence-corrected chi connectivity index (χ2v) is 5.39. The first-order valence-corrected chi connectivity index (χ1v) is 6.62. The highest BCUT2D eigenvalue weighted by Gasteiger charge is 2.41. The lowest BCUT2D eigenvalue weighted by Crippen LogP contribution is -2.43. The Labute approximate surface area is 114 Å². The van der Waals surface area contributed by atoms with Crippen molar-refractivity contribution in [2.75, 3.05) is 0 Å². The molecule has 0 radical (unpaired) electrons. The summed E-state index contributed by atoms with van der Waals surface area (Å²) < 4.78 is 0.988. The van der Waals surface area contributed by atoms with Gasteiger partial charge < -0.3 is 10.4 Å². The second kappa shape index (κ2) is 5.52. The number of aliphatic carboxylic acids is 1. The lowest BCUT2D eigenvalue weighted by atomic mass is 9.73. The Morgan fingerprint density at radius 2 is 1.83 bits per heavy atom. The molecule has 18 heavy (non-hydrogen) atoms. The molecule has 2 unspecified atom stereocenters. The predicted molar refractivity (Wildman–Crippen MR) is 69.8 cm³/mol. The minimum atomic E-state index is -0.870. The van der Waals surface area contributed by atoms with Crippen LogP contribution in [0.5, 0.6) is 0 Å². The number of hydrogen-bond acceptors (Lipinski definition) is 2. The Morgan fingerprint density at radius 3 is 2.33 bits per heavy atom. The van der Waals surface area contributed by atoms with E-state index >= 15 is 0 Å². The molecule has 0 aromatic heterocycles. The molecule has 1 aromatic rings. The van der Waals surface area contributed by atoms with E-state index < -0.39 is 11.9 Å². The number of carboxylic acid groups (broad SMARTS) is 1. The number of carbonyl (C=O) groups is 2. The van der Waals surface area contributed by atoms with Crippen LogP contribution in [-0.4, -0.2) is 17.0 Å². The van der Waals surface area contributed by atoms with Crippen LogP contribution in [0.25, 0.3) is 0 Å². The molecular weight excluding hydrogens is 298 g/mol. The average molecular weight is 312 g/mol.